The number of carbonyl (C=O) groups is 1. The Morgan fingerprint density at radius 2 is 2.18 bits per heavy atom. The Bertz CT molecular complexity index is 500. The third-order valence-corrected chi connectivity index (χ3v) is 3.89. The summed E-state index contributed by atoms with van der Waals surface area (Å²) < 4.78 is 5.74. The molecule has 0 amide bonds. The Morgan fingerprint density at radius 3 is 2.76 bits per heavy atom. The van der Waals surface area contributed by atoms with E-state index in [1.165, 1.54) is 5.56 Å². The van der Waals surface area contributed by atoms with Gasteiger partial charge < -0.3 is 9.84 Å². The van der Waals surface area contributed by atoms with Crippen LogP contribution in [0, 0.1) is 6.92 Å². The topological polar surface area (TPSA) is 46.5 Å². The molecule has 90 valence electrons. The summed E-state index contributed by atoms with van der Waals surface area (Å²) in [4.78, 5) is 11.3. The van der Waals surface area contributed by atoms with Crippen molar-refractivity contribution in [2.24, 2.45) is 0 Å². The van der Waals surface area contributed by atoms with Gasteiger partial charge in [0.15, 0.2) is 0 Å². The van der Waals surface area contributed by atoms with Gasteiger partial charge in [-0.1, -0.05) is 12.1 Å². The van der Waals surface area contributed by atoms with Crippen molar-refractivity contribution in [1.82, 2.24) is 0 Å². The van der Waals surface area contributed by atoms with E-state index in [1.54, 1.807) is 0 Å². The lowest BCUT2D eigenvalue weighted by molar-refractivity contribution is -0.140. The summed E-state index contributed by atoms with van der Waals surface area (Å²) in [6.07, 6.45) is 2.62. The second-order valence-corrected chi connectivity index (χ2v) is 5.30. The lowest BCUT2D eigenvalue weighted by atomic mass is 9.91. The lowest BCUT2D eigenvalue weighted by Gasteiger charge is -2.13. The van der Waals surface area contributed by atoms with E-state index in [1.807, 2.05) is 26.0 Å². The van der Waals surface area contributed by atoms with Crippen molar-refractivity contribution < 1.29 is 14.6 Å². The van der Waals surface area contributed by atoms with E-state index in [0.29, 0.717) is 0 Å². The largest absolute Gasteiger partial charge is 0.490 e. The van der Waals surface area contributed by atoms with Crippen LogP contribution >= 0.6 is 0 Å². The molecule has 17 heavy (non-hydrogen) atoms. The maximum Gasteiger partial charge on any atom is 0.314 e. The van der Waals surface area contributed by atoms with Gasteiger partial charge in [0.05, 0.1) is 5.41 Å². The van der Waals surface area contributed by atoms with Gasteiger partial charge >= 0.3 is 5.97 Å². The smallest absolute Gasteiger partial charge is 0.314 e. The number of aliphatic carboxylic acids is 1. The third kappa shape index (κ3) is 1.45. The number of ether oxygens (including phenoxy) is 1. The average Bonchev–Trinajstić information content (AvgIpc) is 2.97. The van der Waals surface area contributed by atoms with Crippen LogP contribution in [0.3, 0.4) is 0 Å². The van der Waals surface area contributed by atoms with Gasteiger partial charge in [-0.05, 0) is 43.4 Å². The normalized spacial score (nSPS) is 24.0. The number of hydrogen-bond donors (Lipinski definition) is 1. The Morgan fingerprint density at radius 1 is 1.47 bits per heavy atom. The minimum atomic E-state index is -0.691. The van der Waals surface area contributed by atoms with Crippen LogP contribution in [0.15, 0.2) is 12.1 Å². The molecule has 0 aromatic heterocycles. The maximum absolute atomic E-state index is 11.3. The lowest BCUT2D eigenvalue weighted by Crippen LogP contribution is -2.19. The van der Waals surface area contributed by atoms with Crippen LogP contribution in [0.2, 0.25) is 0 Å². The van der Waals surface area contributed by atoms with Crippen molar-refractivity contribution in [2.75, 3.05) is 0 Å². The second kappa shape index (κ2) is 3.25. The van der Waals surface area contributed by atoms with Crippen LogP contribution < -0.4 is 4.74 Å². The van der Waals surface area contributed by atoms with E-state index in [-0.39, 0.29) is 6.10 Å². The first-order valence-corrected chi connectivity index (χ1v) is 6.07. The van der Waals surface area contributed by atoms with Crippen molar-refractivity contribution in [3.05, 3.63) is 28.8 Å². The molecule has 1 aliphatic heterocycles. The van der Waals surface area contributed by atoms with Crippen molar-refractivity contribution in [3.63, 3.8) is 0 Å². The molecule has 1 unspecified atom stereocenters. The summed E-state index contributed by atoms with van der Waals surface area (Å²) in [5.74, 6) is 0.270. The summed E-state index contributed by atoms with van der Waals surface area (Å²) in [6.45, 7) is 4.04. The molecule has 1 N–H and O–H groups in total. The molecule has 1 aromatic carbocycles. The van der Waals surface area contributed by atoms with Gasteiger partial charge in [0.2, 0.25) is 0 Å². The highest BCUT2D eigenvalue weighted by Crippen LogP contribution is 2.50. The van der Waals surface area contributed by atoms with E-state index in [9.17, 15) is 9.90 Å². The summed E-state index contributed by atoms with van der Waals surface area (Å²) in [7, 11) is 0. The van der Waals surface area contributed by atoms with Gasteiger partial charge in [0, 0.05) is 6.42 Å². The molecule has 2 aliphatic rings. The molecular formula is C14H16O3. The van der Waals surface area contributed by atoms with Gasteiger partial charge in [0.25, 0.3) is 0 Å². The molecule has 1 saturated carbocycles. The molecule has 0 spiro atoms. The minimum absolute atomic E-state index is 0.207. The van der Waals surface area contributed by atoms with Crippen molar-refractivity contribution in [2.45, 2.75) is 44.6 Å². The fraction of sp³-hybridized carbons (Fsp3) is 0.500. The molecule has 0 radical (unpaired) electrons. The number of rotatable bonds is 2. The molecule has 1 atom stereocenters. The number of aryl methyl sites for hydroxylation is 1. The van der Waals surface area contributed by atoms with Gasteiger partial charge in [-0.25, -0.2) is 0 Å². The van der Waals surface area contributed by atoms with Crippen LogP contribution in [0.4, 0.5) is 0 Å². The minimum Gasteiger partial charge on any atom is -0.490 e. The molecular weight excluding hydrogens is 216 g/mol. The summed E-state index contributed by atoms with van der Waals surface area (Å²) >= 11 is 0. The number of carboxylic acids is 1. The SMILES string of the molecule is Cc1cc(C2(C(=O)O)CC2)cc2c1OC(C)C2. The first-order valence-electron chi connectivity index (χ1n) is 6.07. The zero-order valence-corrected chi connectivity index (χ0v) is 10.1. The Kier molecular flexibility index (Phi) is 2.03. The molecule has 3 rings (SSSR count). The zero-order chi connectivity index (χ0) is 12.2. The number of hydrogen-bond acceptors (Lipinski definition) is 2. The van der Waals surface area contributed by atoms with Crippen LogP contribution in [0.1, 0.15) is 36.5 Å². The first kappa shape index (κ1) is 10.6. The molecule has 1 heterocycles. The van der Waals surface area contributed by atoms with Crippen molar-refractivity contribution >= 4 is 5.97 Å². The molecule has 1 fully saturated rings. The Hall–Kier alpha value is -1.51. The highest BCUT2D eigenvalue weighted by Gasteiger charge is 2.52. The van der Waals surface area contributed by atoms with Gasteiger partial charge in [0.1, 0.15) is 11.9 Å². The highest BCUT2D eigenvalue weighted by atomic mass is 16.5. The first-order chi connectivity index (χ1) is 8.03. The van der Waals surface area contributed by atoms with E-state index in [2.05, 4.69) is 0 Å². The maximum atomic E-state index is 11.3. The van der Waals surface area contributed by atoms with Crippen molar-refractivity contribution in [1.29, 1.82) is 0 Å². The predicted octanol–water partition coefficient (Wildman–Crippen LogP) is 2.43. The molecule has 1 aliphatic carbocycles. The van der Waals surface area contributed by atoms with E-state index in [0.717, 1.165) is 36.1 Å². The Balaban J connectivity index is 2.07. The van der Waals surface area contributed by atoms with Gasteiger partial charge in [-0.15, -0.1) is 0 Å². The second-order valence-electron chi connectivity index (χ2n) is 5.30. The Labute approximate surface area is 100 Å². The monoisotopic (exact) mass is 232 g/mol. The average molecular weight is 232 g/mol. The summed E-state index contributed by atoms with van der Waals surface area (Å²) in [5.41, 5.74) is 2.58. The summed E-state index contributed by atoms with van der Waals surface area (Å²) in [6, 6.07) is 4.02. The molecule has 0 bridgehead atoms. The summed E-state index contributed by atoms with van der Waals surface area (Å²) in [5, 5.41) is 9.32. The van der Waals surface area contributed by atoms with Crippen LogP contribution in [-0.4, -0.2) is 17.2 Å². The van der Waals surface area contributed by atoms with E-state index < -0.39 is 11.4 Å². The van der Waals surface area contributed by atoms with E-state index >= 15 is 0 Å². The third-order valence-electron chi connectivity index (χ3n) is 3.89. The van der Waals surface area contributed by atoms with Gasteiger partial charge in [-0.2, -0.15) is 0 Å². The number of benzene rings is 1. The molecule has 3 heteroatoms. The number of fused-ring (bicyclic) bond motifs is 1. The van der Waals surface area contributed by atoms with Crippen LogP contribution in [0.25, 0.3) is 0 Å². The van der Waals surface area contributed by atoms with Crippen LogP contribution in [0.5, 0.6) is 5.75 Å². The van der Waals surface area contributed by atoms with Crippen molar-refractivity contribution in [3.8, 4) is 5.75 Å². The standard InChI is InChI=1S/C14H16O3/c1-8-5-11(14(3-4-14)13(15)16)7-10-6-9(2)17-12(8)10/h5,7,9H,3-4,6H2,1-2H3,(H,15,16). The zero-order valence-electron chi connectivity index (χ0n) is 10.1. The predicted molar refractivity (Wildman–Crippen MR) is 63.5 cm³/mol. The quantitative estimate of drug-likeness (QED) is 0.851. The molecule has 3 nitrogen and oxygen atoms in total. The van der Waals surface area contributed by atoms with E-state index in [4.69, 9.17) is 4.74 Å². The van der Waals surface area contributed by atoms with Crippen LogP contribution in [-0.2, 0) is 16.6 Å². The number of carboxylic acid groups (broad SMARTS) is 1. The molecule has 0 saturated heterocycles. The highest BCUT2D eigenvalue weighted by molar-refractivity contribution is 5.85. The van der Waals surface area contributed by atoms with Gasteiger partial charge in [-0.3, -0.25) is 4.79 Å². The fourth-order valence-corrected chi connectivity index (χ4v) is 2.75. The molecule has 1 aromatic rings. The fourth-order valence-electron chi connectivity index (χ4n) is 2.75.